The van der Waals surface area contributed by atoms with E-state index in [2.05, 4.69) is 40.0 Å². The summed E-state index contributed by atoms with van der Waals surface area (Å²) in [7, 11) is 2.21. The lowest BCUT2D eigenvalue weighted by Crippen LogP contribution is -2.44. The molecule has 0 radical (unpaired) electrons. The number of piperidine rings is 1. The predicted octanol–water partition coefficient (Wildman–Crippen LogP) is 3.24. The van der Waals surface area contributed by atoms with E-state index in [1.165, 1.54) is 5.56 Å². The van der Waals surface area contributed by atoms with Gasteiger partial charge in [-0.15, -0.1) is 0 Å². The predicted molar refractivity (Wildman–Crippen MR) is 101 cm³/mol. The average molecular weight is 355 g/mol. The number of aromatic nitrogens is 1. The zero-order valence-electron chi connectivity index (χ0n) is 15.9. The molecule has 26 heavy (non-hydrogen) atoms. The van der Waals surface area contributed by atoms with Crippen LogP contribution in [0.4, 0.5) is 0 Å². The van der Waals surface area contributed by atoms with E-state index in [-0.39, 0.29) is 5.60 Å². The molecule has 140 valence electrons. The number of aryl methyl sites for hydroxylation is 1. The summed E-state index contributed by atoms with van der Waals surface area (Å²) >= 11 is 0. The van der Waals surface area contributed by atoms with Crippen LogP contribution < -0.4 is 0 Å². The minimum absolute atomic E-state index is 0.0761. The molecule has 5 nitrogen and oxygen atoms in total. The number of furan rings is 1. The topological polar surface area (TPSA) is 41.7 Å². The van der Waals surface area contributed by atoms with Crippen molar-refractivity contribution in [2.45, 2.75) is 50.9 Å². The number of likely N-dealkylation sites (tertiary alicyclic amines) is 1. The summed E-state index contributed by atoms with van der Waals surface area (Å²) in [6.07, 6.45) is 7.11. The number of rotatable bonds is 5. The lowest BCUT2D eigenvalue weighted by atomic mass is 9.87. The highest BCUT2D eigenvalue weighted by molar-refractivity contribution is 5.10. The zero-order valence-corrected chi connectivity index (χ0v) is 15.9. The summed E-state index contributed by atoms with van der Waals surface area (Å²) in [6.45, 7) is 6.88. The third kappa shape index (κ3) is 4.00. The van der Waals surface area contributed by atoms with Crippen molar-refractivity contribution in [2.75, 3.05) is 26.7 Å². The fourth-order valence-electron chi connectivity index (χ4n) is 4.27. The lowest BCUT2D eigenvalue weighted by molar-refractivity contribution is -0.0461. The first-order valence-corrected chi connectivity index (χ1v) is 9.63. The maximum Gasteiger partial charge on any atom is 0.118 e. The van der Waals surface area contributed by atoms with Gasteiger partial charge < -0.3 is 9.15 Å². The Balaban J connectivity index is 1.28. The molecule has 2 aromatic rings. The molecule has 0 aliphatic carbocycles. The van der Waals surface area contributed by atoms with Crippen molar-refractivity contribution in [3.63, 3.8) is 0 Å². The van der Waals surface area contributed by atoms with Gasteiger partial charge in [0.05, 0.1) is 18.8 Å². The summed E-state index contributed by atoms with van der Waals surface area (Å²) < 4.78 is 12.1. The van der Waals surface area contributed by atoms with Crippen molar-refractivity contribution in [1.82, 2.24) is 14.8 Å². The monoisotopic (exact) mass is 355 g/mol. The Kier molecular flexibility index (Phi) is 5.11. The van der Waals surface area contributed by atoms with Gasteiger partial charge >= 0.3 is 0 Å². The normalized spacial score (nSPS) is 23.1. The standard InChI is InChI=1S/C21H29N3O2/c1-17-3-4-20(26-17)15-24-11-7-21(8-12-24)13-19(16-25-21)23(2)14-18-5-9-22-10-6-18/h3-6,9-10,19H,7-8,11-16H2,1-2H3/t19-/m0/s1. The van der Waals surface area contributed by atoms with Crippen molar-refractivity contribution < 1.29 is 9.15 Å². The molecule has 2 aliphatic heterocycles. The van der Waals surface area contributed by atoms with Crippen LogP contribution in [-0.4, -0.2) is 53.2 Å². The van der Waals surface area contributed by atoms with Crippen molar-refractivity contribution in [2.24, 2.45) is 0 Å². The Morgan fingerprint density at radius 1 is 1.19 bits per heavy atom. The second kappa shape index (κ2) is 7.51. The van der Waals surface area contributed by atoms with Gasteiger partial charge in [-0.1, -0.05) is 0 Å². The average Bonchev–Trinajstić information content (AvgIpc) is 3.25. The number of hydrogen-bond donors (Lipinski definition) is 0. The molecule has 2 aromatic heterocycles. The quantitative estimate of drug-likeness (QED) is 0.824. The number of nitrogens with zero attached hydrogens (tertiary/aromatic N) is 3. The van der Waals surface area contributed by atoms with Crippen molar-refractivity contribution >= 4 is 0 Å². The summed E-state index contributed by atoms with van der Waals surface area (Å²) in [5, 5.41) is 0. The van der Waals surface area contributed by atoms with Crippen LogP contribution >= 0.6 is 0 Å². The van der Waals surface area contributed by atoms with Crippen LogP contribution in [0.2, 0.25) is 0 Å². The highest BCUT2D eigenvalue weighted by atomic mass is 16.5. The molecule has 0 aromatic carbocycles. The van der Waals surface area contributed by atoms with Gasteiger partial charge in [0.1, 0.15) is 11.5 Å². The summed E-state index contributed by atoms with van der Waals surface area (Å²) in [5.74, 6) is 2.06. The molecule has 1 spiro atoms. The van der Waals surface area contributed by atoms with Crippen LogP contribution in [0.1, 0.15) is 36.3 Å². The van der Waals surface area contributed by atoms with E-state index in [1.807, 2.05) is 25.4 Å². The summed E-state index contributed by atoms with van der Waals surface area (Å²) in [4.78, 5) is 9.02. The molecule has 2 aliphatic rings. The molecule has 0 N–H and O–H groups in total. The van der Waals surface area contributed by atoms with Crippen molar-refractivity contribution in [1.29, 1.82) is 0 Å². The van der Waals surface area contributed by atoms with Crippen LogP contribution in [-0.2, 0) is 17.8 Å². The summed E-state index contributed by atoms with van der Waals surface area (Å²) in [6, 6.07) is 8.83. The third-order valence-corrected chi connectivity index (χ3v) is 5.94. The maximum atomic E-state index is 6.35. The Bertz CT molecular complexity index is 707. The molecule has 2 saturated heterocycles. The van der Waals surface area contributed by atoms with Gasteiger partial charge in [-0.05, 0) is 63.1 Å². The Morgan fingerprint density at radius 2 is 1.96 bits per heavy atom. The number of ether oxygens (including phenoxy) is 1. The van der Waals surface area contributed by atoms with Gasteiger partial charge in [-0.3, -0.25) is 14.8 Å². The fourth-order valence-corrected chi connectivity index (χ4v) is 4.27. The number of likely N-dealkylation sites (N-methyl/N-ethyl adjacent to an activating group) is 1. The Morgan fingerprint density at radius 3 is 2.65 bits per heavy atom. The van der Waals surface area contributed by atoms with Gasteiger partial charge in [0.2, 0.25) is 0 Å². The Hall–Kier alpha value is -1.69. The molecule has 4 rings (SSSR count). The molecular formula is C21H29N3O2. The lowest BCUT2D eigenvalue weighted by Gasteiger charge is -2.38. The van der Waals surface area contributed by atoms with Gasteiger partial charge in [0.15, 0.2) is 0 Å². The van der Waals surface area contributed by atoms with Crippen LogP contribution in [0.15, 0.2) is 41.1 Å². The highest BCUT2D eigenvalue weighted by Gasteiger charge is 2.43. The van der Waals surface area contributed by atoms with Crippen LogP contribution in [0.25, 0.3) is 0 Å². The smallest absolute Gasteiger partial charge is 0.118 e. The molecular weight excluding hydrogens is 326 g/mol. The molecule has 5 heteroatoms. The molecule has 0 bridgehead atoms. The molecule has 2 fully saturated rings. The first-order valence-electron chi connectivity index (χ1n) is 9.63. The maximum absolute atomic E-state index is 6.35. The number of pyridine rings is 1. The van der Waals surface area contributed by atoms with Gasteiger partial charge in [0, 0.05) is 38.1 Å². The van der Waals surface area contributed by atoms with Gasteiger partial charge in [-0.25, -0.2) is 0 Å². The first-order chi connectivity index (χ1) is 12.6. The first kappa shape index (κ1) is 17.7. The minimum Gasteiger partial charge on any atom is -0.465 e. The largest absolute Gasteiger partial charge is 0.465 e. The minimum atomic E-state index is 0.0761. The Labute approximate surface area is 156 Å². The molecule has 4 heterocycles. The molecule has 1 atom stereocenters. The van der Waals surface area contributed by atoms with Crippen LogP contribution in [0.3, 0.4) is 0 Å². The third-order valence-electron chi connectivity index (χ3n) is 5.94. The SMILES string of the molecule is Cc1ccc(CN2CCC3(CC2)C[C@H](N(C)Cc2ccncc2)CO3)o1. The van der Waals surface area contributed by atoms with E-state index in [9.17, 15) is 0 Å². The van der Waals surface area contributed by atoms with E-state index in [0.717, 1.165) is 63.6 Å². The molecule has 0 unspecified atom stereocenters. The molecule has 0 saturated carbocycles. The van der Waals surface area contributed by atoms with Gasteiger partial charge in [0.25, 0.3) is 0 Å². The summed E-state index contributed by atoms with van der Waals surface area (Å²) in [5.41, 5.74) is 1.39. The number of hydrogen-bond acceptors (Lipinski definition) is 5. The van der Waals surface area contributed by atoms with E-state index in [4.69, 9.17) is 9.15 Å². The second-order valence-corrected chi connectivity index (χ2v) is 7.91. The highest BCUT2D eigenvalue weighted by Crippen LogP contribution is 2.38. The van der Waals surface area contributed by atoms with E-state index >= 15 is 0 Å². The van der Waals surface area contributed by atoms with Crippen molar-refractivity contribution in [3.8, 4) is 0 Å². The van der Waals surface area contributed by atoms with Crippen LogP contribution in [0.5, 0.6) is 0 Å². The van der Waals surface area contributed by atoms with Crippen LogP contribution in [0, 0.1) is 6.92 Å². The molecule has 0 amide bonds. The zero-order chi connectivity index (χ0) is 18.0. The second-order valence-electron chi connectivity index (χ2n) is 7.91. The van der Waals surface area contributed by atoms with Crippen molar-refractivity contribution in [3.05, 3.63) is 53.7 Å². The fraction of sp³-hybridized carbons (Fsp3) is 0.571. The van der Waals surface area contributed by atoms with Gasteiger partial charge in [-0.2, -0.15) is 0 Å². The van der Waals surface area contributed by atoms with E-state index in [1.54, 1.807) is 0 Å². The van der Waals surface area contributed by atoms with E-state index < -0.39 is 0 Å². The van der Waals surface area contributed by atoms with E-state index in [0.29, 0.717) is 6.04 Å².